The Bertz CT molecular complexity index is 338. The molecule has 18 heavy (non-hydrogen) atoms. The van der Waals surface area contributed by atoms with Gasteiger partial charge in [0.25, 0.3) is 0 Å². The van der Waals surface area contributed by atoms with Crippen molar-refractivity contribution < 1.29 is 4.79 Å². The Morgan fingerprint density at radius 1 is 1.44 bits per heavy atom. The first-order valence-electron chi connectivity index (χ1n) is 6.62. The molecular formula is C14H24N2OS. The second kappa shape index (κ2) is 8.27. The summed E-state index contributed by atoms with van der Waals surface area (Å²) in [5.74, 6) is 0.689. The maximum Gasteiger partial charge on any atom is 0.220 e. The molecule has 102 valence electrons. The Morgan fingerprint density at radius 2 is 2.22 bits per heavy atom. The van der Waals surface area contributed by atoms with Gasteiger partial charge in [-0.1, -0.05) is 6.92 Å². The van der Waals surface area contributed by atoms with Crippen LogP contribution < -0.4 is 11.1 Å². The molecule has 1 rings (SSSR count). The van der Waals surface area contributed by atoms with Crippen molar-refractivity contribution >= 4 is 17.2 Å². The largest absolute Gasteiger partial charge is 0.353 e. The van der Waals surface area contributed by atoms with Crippen molar-refractivity contribution in [3.63, 3.8) is 0 Å². The van der Waals surface area contributed by atoms with Crippen LogP contribution in [0.15, 0.2) is 16.8 Å². The Morgan fingerprint density at radius 3 is 2.83 bits per heavy atom. The molecule has 0 bridgehead atoms. The van der Waals surface area contributed by atoms with Crippen LogP contribution in [0.3, 0.4) is 0 Å². The highest BCUT2D eigenvalue weighted by Crippen LogP contribution is 2.10. The van der Waals surface area contributed by atoms with Gasteiger partial charge in [-0.2, -0.15) is 11.3 Å². The fourth-order valence-corrected chi connectivity index (χ4v) is 2.65. The maximum absolute atomic E-state index is 11.8. The molecule has 0 spiro atoms. The lowest BCUT2D eigenvalue weighted by molar-refractivity contribution is -0.121. The fraction of sp³-hybridized carbons (Fsp3) is 0.643. The molecule has 0 fully saturated rings. The lowest BCUT2D eigenvalue weighted by atomic mass is 10.0. The molecule has 0 saturated heterocycles. The van der Waals surface area contributed by atoms with Crippen molar-refractivity contribution in [2.45, 2.75) is 45.6 Å². The minimum absolute atomic E-state index is 0.154. The zero-order valence-corrected chi connectivity index (χ0v) is 12.1. The van der Waals surface area contributed by atoms with Crippen LogP contribution in [0.1, 0.15) is 38.7 Å². The molecule has 0 saturated carbocycles. The zero-order chi connectivity index (χ0) is 13.4. The normalized spacial score (nSPS) is 14.2. The molecule has 0 aliphatic rings. The highest BCUT2D eigenvalue weighted by Gasteiger charge is 2.10. The van der Waals surface area contributed by atoms with Crippen LogP contribution >= 0.6 is 11.3 Å². The van der Waals surface area contributed by atoms with Crippen LogP contribution in [-0.4, -0.2) is 18.5 Å². The number of thiophene rings is 1. The fourth-order valence-electron chi connectivity index (χ4n) is 1.97. The minimum atomic E-state index is 0.154. The Balaban J connectivity index is 2.19. The van der Waals surface area contributed by atoms with Gasteiger partial charge in [0.1, 0.15) is 0 Å². The van der Waals surface area contributed by atoms with Gasteiger partial charge in [-0.25, -0.2) is 0 Å². The average molecular weight is 268 g/mol. The van der Waals surface area contributed by atoms with Crippen LogP contribution in [0.4, 0.5) is 0 Å². The maximum atomic E-state index is 11.8. The molecule has 2 atom stereocenters. The number of carbonyl (C=O) groups excluding carboxylic acids is 1. The van der Waals surface area contributed by atoms with Crippen LogP contribution in [0.5, 0.6) is 0 Å². The first-order chi connectivity index (χ1) is 8.61. The molecule has 0 aromatic carbocycles. The van der Waals surface area contributed by atoms with Crippen molar-refractivity contribution in [1.82, 2.24) is 5.32 Å². The first kappa shape index (κ1) is 15.2. The molecular weight excluding hydrogens is 244 g/mol. The number of amides is 1. The smallest absolute Gasteiger partial charge is 0.220 e. The van der Waals surface area contributed by atoms with Crippen molar-refractivity contribution in [3.8, 4) is 0 Å². The number of nitrogens with two attached hydrogens (primary N) is 1. The number of hydrogen-bond donors (Lipinski definition) is 2. The van der Waals surface area contributed by atoms with Crippen LogP contribution in [0.2, 0.25) is 0 Å². The quantitative estimate of drug-likeness (QED) is 0.761. The van der Waals surface area contributed by atoms with Crippen LogP contribution in [0.25, 0.3) is 0 Å². The molecule has 1 amide bonds. The van der Waals surface area contributed by atoms with E-state index >= 15 is 0 Å². The lowest BCUT2D eigenvalue weighted by Gasteiger charge is -2.14. The Labute approximate surface area is 114 Å². The summed E-state index contributed by atoms with van der Waals surface area (Å²) < 4.78 is 0. The van der Waals surface area contributed by atoms with Gasteiger partial charge >= 0.3 is 0 Å². The van der Waals surface area contributed by atoms with Gasteiger partial charge in [0, 0.05) is 12.5 Å². The second-order valence-corrected chi connectivity index (χ2v) is 5.81. The molecule has 1 aromatic heterocycles. The summed E-state index contributed by atoms with van der Waals surface area (Å²) in [6, 6.07) is 2.31. The lowest BCUT2D eigenvalue weighted by Crippen LogP contribution is -2.34. The topological polar surface area (TPSA) is 55.1 Å². The summed E-state index contributed by atoms with van der Waals surface area (Å²) in [5, 5.41) is 7.25. The highest BCUT2D eigenvalue weighted by molar-refractivity contribution is 7.07. The van der Waals surface area contributed by atoms with Crippen molar-refractivity contribution in [3.05, 3.63) is 22.4 Å². The summed E-state index contributed by atoms with van der Waals surface area (Å²) in [6.07, 6.45) is 3.44. The summed E-state index contributed by atoms with van der Waals surface area (Å²) >= 11 is 1.70. The third-order valence-electron chi connectivity index (χ3n) is 3.05. The van der Waals surface area contributed by atoms with E-state index in [1.165, 1.54) is 5.56 Å². The van der Waals surface area contributed by atoms with Gasteiger partial charge in [0.2, 0.25) is 5.91 Å². The number of rotatable bonds is 8. The van der Waals surface area contributed by atoms with E-state index in [1.807, 2.05) is 0 Å². The second-order valence-electron chi connectivity index (χ2n) is 5.03. The molecule has 1 aromatic rings. The SMILES string of the molecule is CC(CCN)CCC(=O)NC(C)Cc1ccsc1. The Hall–Kier alpha value is -0.870. The van der Waals surface area contributed by atoms with E-state index in [0.29, 0.717) is 18.9 Å². The predicted molar refractivity (Wildman–Crippen MR) is 77.7 cm³/mol. The van der Waals surface area contributed by atoms with Crippen LogP contribution in [-0.2, 0) is 11.2 Å². The number of hydrogen-bond acceptors (Lipinski definition) is 3. The molecule has 4 heteroatoms. The molecule has 2 unspecified atom stereocenters. The molecule has 0 aliphatic heterocycles. The zero-order valence-electron chi connectivity index (χ0n) is 11.3. The van der Waals surface area contributed by atoms with E-state index in [2.05, 4.69) is 36.0 Å². The van der Waals surface area contributed by atoms with E-state index in [-0.39, 0.29) is 11.9 Å². The summed E-state index contributed by atoms with van der Waals surface area (Å²) in [6.45, 7) is 4.91. The van der Waals surface area contributed by atoms with Gasteiger partial charge in [0.15, 0.2) is 0 Å². The van der Waals surface area contributed by atoms with E-state index in [1.54, 1.807) is 11.3 Å². The predicted octanol–water partition coefficient (Wildman–Crippen LogP) is 2.56. The third kappa shape index (κ3) is 6.17. The molecule has 0 radical (unpaired) electrons. The number of nitrogens with one attached hydrogen (secondary N) is 1. The minimum Gasteiger partial charge on any atom is -0.353 e. The van der Waals surface area contributed by atoms with E-state index < -0.39 is 0 Å². The molecule has 3 nitrogen and oxygen atoms in total. The van der Waals surface area contributed by atoms with Gasteiger partial charge in [-0.3, -0.25) is 4.79 Å². The van der Waals surface area contributed by atoms with E-state index in [0.717, 1.165) is 19.3 Å². The monoisotopic (exact) mass is 268 g/mol. The molecule has 3 N–H and O–H groups in total. The van der Waals surface area contributed by atoms with Crippen molar-refractivity contribution in [2.75, 3.05) is 6.54 Å². The van der Waals surface area contributed by atoms with Gasteiger partial charge < -0.3 is 11.1 Å². The van der Waals surface area contributed by atoms with Gasteiger partial charge in [-0.05, 0) is 61.0 Å². The van der Waals surface area contributed by atoms with Gasteiger partial charge in [0.05, 0.1) is 0 Å². The summed E-state index contributed by atoms with van der Waals surface area (Å²) in [7, 11) is 0. The van der Waals surface area contributed by atoms with Crippen LogP contribution in [0, 0.1) is 5.92 Å². The van der Waals surface area contributed by atoms with E-state index in [9.17, 15) is 4.79 Å². The summed E-state index contributed by atoms with van der Waals surface area (Å²) in [5.41, 5.74) is 6.79. The van der Waals surface area contributed by atoms with Crippen molar-refractivity contribution in [1.29, 1.82) is 0 Å². The molecule has 0 aliphatic carbocycles. The Kier molecular flexibility index (Phi) is 6.98. The summed E-state index contributed by atoms with van der Waals surface area (Å²) in [4.78, 5) is 11.8. The highest BCUT2D eigenvalue weighted by atomic mass is 32.1. The molecule has 1 heterocycles. The first-order valence-corrected chi connectivity index (χ1v) is 7.56. The third-order valence-corrected chi connectivity index (χ3v) is 3.79. The average Bonchev–Trinajstić information content (AvgIpc) is 2.79. The number of carbonyl (C=O) groups is 1. The standard InChI is InChI=1S/C14H24N2OS/c1-11(5-7-15)3-4-14(17)16-12(2)9-13-6-8-18-10-13/h6,8,10-12H,3-5,7,9,15H2,1-2H3,(H,16,17). The van der Waals surface area contributed by atoms with Crippen molar-refractivity contribution in [2.24, 2.45) is 11.7 Å². The van der Waals surface area contributed by atoms with Gasteiger partial charge in [-0.15, -0.1) is 0 Å². The van der Waals surface area contributed by atoms with E-state index in [4.69, 9.17) is 5.73 Å².